The van der Waals surface area contributed by atoms with Crippen LogP contribution in [-0.2, 0) is 18.3 Å². The quantitative estimate of drug-likeness (QED) is 0.538. The van der Waals surface area contributed by atoms with Crippen molar-refractivity contribution >= 4 is 16.8 Å². The third-order valence-corrected chi connectivity index (χ3v) is 4.97. The maximum atomic E-state index is 13.4. The summed E-state index contributed by atoms with van der Waals surface area (Å²) in [6, 6.07) is 23.7. The monoisotopic (exact) mass is 372 g/mol. The second-order valence-electron chi connectivity index (χ2n) is 6.92. The molecule has 0 saturated carbocycles. The maximum Gasteiger partial charge on any atom is 0.225 e. The van der Waals surface area contributed by atoms with Gasteiger partial charge in [0.1, 0.15) is 5.82 Å². The Bertz CT molecular complexity index is 1100. The van der Waals surface area contributed by atoms with Crippen molar-refractivity contribution in [2.24, 2.45) is 7.05 Å². The molecule has 4 heteroatoms. The molecular formula is C24H21FN2O. The van der Waals surface area contributed by atoms with Crippen LogP contribution in [0.3, 0.4) is 0 Å². The lowest BCUT2D eigenvalue weighted by Crippen LogP contribution is -2.30. The van der Waals surface area contributed by atoms with E-state index < -0.39 is 0 Å². The molecule has 0 aliphatic carbocycles. The van der Waals surface area contributed by atoms with Gasteiger partial charge in [-0.2, -0.15) is 0 Å². The number of nitrogens with zero attached hydrogens (tertiary/aromatic N) is 1. The lowest BCUT2D eigenvalue weighted by Gasteiger charge is -2.20. The predicted octanol–water partition coefficient (Wildman–Crippen LogP) is 4.77. The smallest absolute Gasteiger partial charge is 0.225 e. The van der Waals surface area contributed by atoms with Gasteiger partial charge < -0.3 is 9.88 Å². The van der Waals surface area contributed by atoms with Gasteiger partial charge >= 0.3 is 0 Å². The van der Waals surface area contributed by atoms with Gasteiger partial charge in [0.25, 0.3) is 0 Å². The van der Waals surface area contributed by atoms with Crippen LogP contribution >= 0.6 is 0 Å². The molecule has 28 heavy (non-hydrogen) atoms. The molecule has 0 spiro atoms. The molecule has 1 atom stereocenters. The normalized spacial score (nSPS) is 12.1. The van der Waals surface area contributed by atoms with E-state index in [9.17, 15) is 9.18 Å². The Morgan fingerprint density at radius 3 is 2.32 bits per heavy atom. The first-order valence-electron chi connectivity index (χ1n) is 9.24. The first-order valence-corrected chi connectivity index (χ1v) is 9.24. The number of hydrogen-bond donors (Lipinski definition) is 1. The minimum atomic E-state index is -0.329. The van der Waals surface area contributed by atoms with Crippen LogP contribution in [0, 0.1) is 5.82 Å². The summed E-state index contributed by atoms with van der Waals surface area (Å²) < 4.78 is 15.4. The number of amides is 1. The van der Waals surface area contributed by atoms with Crippen LogP contribution in [-0.4, -0.2) is 10.5 Å². The van der Waals surface area contributed by atoms with Crippen LogP contribution in [0.1, 0.15) is 22.7 Å². The molecule has 4 rings (SSSR count). The molecule has 0 fully saturated rings. The van der Waals surface area contributed by atoms with Gasteiger partial charge in [-0.3, -0.25) is 4.79 Å². The molecule has 0 radical (unpaired) electrons. The molecule has 0 aliphatic rings. The average Bonchev–Trinajstić information content (AvgIpc) is 3.03. The Balaban J connectivity index is 1.61. The van der Waals surface area contributed by atoms with Gasteiger partial charge in [-0.25, -0.2) is 4.39 Å². The molecule has 1 heterocycles. The van der Waals surface area contributed by atoms with Gasteiger partial charge in [-0.1, -0.05) is 60.7 Å². The van der Waals surface area contributed by atoms with Gasteiger partial charge in [0, 0.05) is 24.1 Å². The van der Waals surface area contributed by atoms with Gasteiger partial charge in [0.15, 0.2) is 0 Å². The largest absolute Gasteiger partial charge is 0.350 e. The molecule has 1 N–H and O–H groups in total. The highest BCUT2D eigenvalue weighted by Gasteiger charge is 2.18. The van der Waals surface area contributed by atoms with E-state index in [4.69, 9.17) is 0 Å². The van der Waals surface area contributed by atoms with Gasteiger partial charge in [-0.05, 0) is 34.9 Å². The van der Waals surface area contributed by atoms with Gasteiger partial charge in [0.05, 0.1) is 12.5 Å². The van der Waals surface area contributed by atoms with Crippen molar-refractivity contribution in [1.29, 1.82) is 0 Å². The summed E-state index contributed by atoms with van der Waals surface area (Å²) in [4.78, 5) is 12.9. The molecule has 3 aromatic carbocycles. The van der Waals surface area contributed by atoms with Crippen molar-refractivity contribution in [1.82, 2.24) is 9.88 Å². The second-order valence-corrected chi connectivity index (χ2v) is 6.92. The molecular weight excluding hydrogens is 351 g/mol. The summed E-state index contributed by atoms with van der Waals surface area (Å²) in [5, 5.41) is 4.20. The number of para-hydroxylation sites is 1. The molecule has 1 unspecified atom stereocenters. The summed E-state index contributed by atoms with van der Waals surface area (Å²) >= 11 is 0. The van der Waals surface area contributed by atoms with E-state index in [1.165, 1.54) is 12.1 Å². The fraction of sp³-hybridized carbons (Fsp3) is 0.125. The number of rotatable bonds is 5. The summed E-state index contributed by atoms with van der Waals surface area (Å²) in [5.41, 5.74) is 3.89. The Morgan fingerprint density at radius 1 is 0.929 bits per heavy atom. The third kappa shape index (κ3) is 3.67. The van der Waals surface area contributed by atoms with Crippen LogP contribution in [0.5, 0.6) is 0 Å². The predicted molar refractivity (Wildman–Crippen MR) is 109 cm³/mol. The summed E-state index contributed by atoms with van der Waals surface area (Å²) in [7, 11) is 1.98. The zero-order valence-corrected chi connectivity index (χ0v) is 15.6. The average molecular weight is 372 g/mol. The number of aromatic nitrogens is 1. The van der Waals surface area contributed by atoms with Crippen molar-refractivity contribution in [2.45, 2.75) is 12.5 Å². The molecule has 1 amide bonds. The lowest BCUT2D eigenvalue weighted by molar-refractivity contribution is -0.120. The van der Waals surface area contributed by atoms with Crippen molar-refractivity contribution in [3.8, 4) is 0 Å². The number of aryl methyl sites for hydroxylation is 1. The maximum absolute atomic E-state index is 13.4. The minimum Gasteiger partial charge on any atom is -0.350 e. The zero-order valence-electron chi connectivity index (χ0n) is 15.6. The van der Waals surface area contributed by atoms with Crippen LogP contribution in [0.25, 0.3) is 10.9 Å². The molecule has 1 aromatic heterocycles. The number of fused-ring (bicyclic) bond motifs is 1. The molecule has 0 saturated heterocycles. The van der Waals surface area contributed by atoms with Crippen LogP contribution in [0.15, 0.2) is 85.1 Å². The Hall–Kier alpha value is -3.40. The molecule has 140 valence electrons. The molecule has 0 aliphatic heterocycles. The Morgan fingerprint density at radius 2 is 1.57 bits per heavy atom. The summed E-state index contributed by atoms with van der Waals surface area (Å²) in [6.07, 6.45) is 2.28. The molecule has 4 aromatic rings. The van der Waals surface area contributed by atoms with E-state index in [1.807, 2.05) is 72.4 Å². The summed E-state index contributed by atoms with van der Waals surface area (Å²) in [6.45, 7) is 0. The highest BCUT2D eigenvalue weighted by Crippen LogP contribution is 2.24. The van der Waals surface area contributed by atoms with Crippen molar-refractivity contribution in [2.75, 3.05) is 0 Å². The number of nitrogens with one attached hydrogen (secondary N) is 1. The third-order valence-electron chi connectivity index (χ3n) is 4.97. The van der Waals surface area contributed by atoms with E-state index in [1.54, 1.807) is 12.1 Å². The van der Waals surface area contributed by atoms with Crippen molar-refractivity contribution in [3.05, 3.63) is 108 Å². The van der Waals surface area contributed by atoms with Crippen molar-refractivity contribution in [3.63, 3.8) is 0 Å². The number of halogens is 1. The van der Waals surface area contributed by atoms with Gasteiger partial charge in [-0.15, -0.1) is 0 Å². The minimum absolute atomic E-state index is 0.0745. The van der Waals surface area contributed by atoms with Crippen molar-refractivity contribution < 1.29 is 9.18 Å². The van der Waals surface area contributed by atoms with Crippen LogP contribution in [0.4, 0.5) is 4.39 Å². The van der Waals surface area contributed by atoms with E-state index >= 15 is 0 Å². The van der Waals surface area contributed by atoms with E-state index in [0.717, 1.165) is 27.6 Å². The topological polar surface area (TPSA) is 34.0 Å². The molecule has 3 nitrogen and oxygen atoms in total. The standard InChI is InChI=1S/C24H21FN2O/c1-27-16-19(21-9-5-6-10-22(21)27)15-23(28)26-24(17-7-3-2-4-8-17)18-11-13-20(25)14-12-18/h2-14,16,24H,15H2,1H3,(H,26,28). The number of carbonyl (C=O) groups is 1. The Labute approximate surface area is 163 Å². The first kappa shape index (κ1) is 18.0. The van der Waals surface area contributed by atoms with E-state index in [2.05, 4.69) is 5.32 Å². The fourth-order valence-corrected chi connectivity index (χ4v) is 3.61. The van der Waals surface area contributed by atoms with Crippen LogP contribution in [0.2, 0.25) is 0 Å². The lowest BCUT2D eigenvalue weighted by atomic mass is 9.98. The fourth-order valence-electron chi connectivity index (χ4n) is 3.61. The highest BCUT2D eigenvalue weighted by atomic mass is 19.1. The number of benzene rings is 3. The SMILES string of the molecule is Cn1cc(CC(=O)NC(c2ccccc2)c2ccc(F)cc2)c2ccccc21. The highest BCUT2D eigenvalue weighted by molar-refractivity contribution is 5.89. The van der Waals surface area contributed by atoms with Gasteiger partial charge in [0.2, 0.25) is 5.91 Å². The zero-order chi connectivity index (χ0) is 19.5. The number of hydrogen-bond acceptors (Lipinski definition) is 1. The second kappa shape index (κ2) is 7.69. The van der Waals surface area contributed by atoms with E-state index in [-0.39, 0.29) is 24.2 Å². The first-order chi connectivity index (χ1) is 13.6. The number of carbonyl (C=O) groups excluding carboxylic acids is 1. The molecule has 0 bridgehead atoms. The van der Waals surface area contributed by atoms with Crippen LogP contribution < -0.4 is 5.32 Å². The van der Waals surface area contributed by atoms with E-state index in [0.29, 0.717) is 0 Å². The Kier molecular flexibility index (Phi) is 4.94. The summed E-state index contributed by atoms with van der Waals surface area (Å²) in [5.74, 6) is -0.368.